The fourth-order valence-corrected chi connectivity index (χ4v) is 3.54. The highest BCUT2D eigenvalue weighted by molar-refractivity contribution is 7.49. The van der Waals surface area contributed by atoms with Crippen molar-refractivity contribution in [3.05, 3.63) is 71.1 Å². The molecule has 3 aromatic rings. The Hall–Kier alpha value is -2.48. The first-order chi connectivity index (χ1) is 12.8. The molecule has 140 valence electrons. The van der Waals surface area contributed by atoms with Crippen molar-refractivity contribution in [2.45, 2.75) is 6.54 Å². The fourth-order valence-electron chi connectivity index (χ4n) is 2.42. The largest absolute Gasteiger partial charge is 0.400 e. The zero-order valence-corrected chi connectivity index (χ0v) is 15.8. The van der Waals surface area contributed by atoms with Gasteiger partial charge in [-0.3, -0.25) is 4.79 Å². The molecule has 1 amide bonds. The second kappa shape index (κ2) is 8.04. The lowest BCUT2D eigenvalue weighted by Crippen LogP contribution is -2.14. The van der Waals surface area contributed by atoms with Gasteiger partial charge in [0.1, 0.15) is 0 Å². The molecule has 7 nitrogen and oxygen atoms in total. The van der Waals surface area contributed by atoms with E-state index in [0.29, 0.717) is 22.5 Å². The average molecular weight is 403 g/mol. The third-order valence-electron chi connectivity index (χ3n) is 3.81. The van der Waals surface area contributed by atoms with Crippen LogP contribution in [-0.2, 0) is 11.1 Å². The molecule has 0 aliphatic carbocycles. The Bertz CT molecular complexity index is 984. The molecule has 2 aromatic carbocycles. The number of amides is 1. The van der Waals surface area contributed by atoms with E-state index in [1.54, 1.807) is 41.7 Å². The molecule has 27 heavy (non-hydrogen) atoms. The van der Waals surface area contributed by atoms with Gasteiger partial charge < -0.3 is 20.8 Å². The maximum Gasteiger partial charge on any atom is 0.400 e. The molecule has 0 unspecified atom stereocenters. The van der Waals surface area contributed by atoms with E-state index < -0.39 is 7.75 Å². The zero-order chi connectivity index (χ0) is 19.4. The third-order valence-corrected chi connectivity index (χ3v) is 5.30. The number of hydrogen-bond acceptors (Lipinski definition) is 4. The first kappa shape index (κ1) is 19.3. The Morgan fingerprint density at radius 1 is 1.11 bits per heavy atom. The van der Waals surface area contributed by atoms with Crippen molar-refractivity contribution < 1.29 is 19.1 Å². The van der Waals surface area contributed by atoms with Gasteiger partial charge in [-0.1, -0.05) is 24.3 Å². The summed E-state index contributed by atoms with van der Waals surface area (Å²) in [6.07, 6.45) is 0. The summed E-state index contributed by atoms with van der Waals surface area (Å²) in [5.74, 6) is -0.320. The Morgan fingerprint density at radius 3 is 2.48 bits per heavy atom. The molecule has 1 heterocycles. The van der Waals surface area contributed by atoms with Gasteiger partial charge in [0.2, 0.25) is 0 Å². The SMILES string of the molecule is Nc1ccc(-c2cccs2)cc1NC(=O)c1ccc(CNP(=O)(O)O)cc1. The highest BCUT2D eigenvalue weighted by Gasteiger charge is 2.12. The van der Waals surface area contributed by atoms with E-state index in [9.17, 15) is 9.36 Å². The molecule has 0 spiro atoms. The second-order valence-electron chi connectivity index (χ2n) is 5.81. The van der Waals surface area contributed by atoms with E-state index >= 15 is 0 Å². The molecule has 3 rings (SSSR count). The normalized spacial score (nSPS) is 11.3. The van der Waals surface area contributed by atoms with E-state index in [4.69, 9.17) is 15.5 Å². The minimum absolute atomic E-state index is 0.00197. The first-order valence-electron chi connectivity index (χ1n) is 7.96. The molecule has 1 aromatic heterocycles. The Labute approximate surface area is 160 Å². The smallest absolute Gasteiger partial charge is 0.397 e. The molecular weight excluding hydrogens is 385 g/mol. The van der Waals surface area contributed by atoms with Crippen LogP contribution in [0.4, 0.5) is 11.4 Å². The van der Waals surface area contributed by atoms with Gasteiger partial charge in [0.25, 0.3) is 5.91 Å². The standard InChI is InChI=1S/C18H18N3O4PS/c19-15-8-7-14(17-2-1-9-27-17)10-16(15)21-18(22)13-5-3-12(4-6-13)11-20-26(23,24)25/h1-10H,11,19H2,(H,21,22)(H3,20,23,24,25). The Kier molecular flexibility index (Phi) is 5.74. The van der Waals surface area contributed by atoms with Crippen LogP contribution in [0.5, 0.6) is 0 Å². The first-order valence-corrected chi connectivity index (χ1v) is 10.5. The van der Waals surface area contributed by atoms with Crippen molar-refractivity contribution in [2.24, 2.45) is 0 Å². The van der Waals surface area contributed by atoms with Crippen molar-refractivity contribution >= 4 is 36.4 Å². The highest BCUT2D eigenvalue weighted by Crippen LogP contribution is 2.31. The van der Waals surface area contributed by atoms with Gasteiger partial charge >= 0.3 is 7.75 Å². The minimum atomic E-state index is -4.28. The number of carbonyl (C=O) groups excluding carboxylic acids is 1. The number of anilines is 2. The van der Waals surface area contributed by atoms with Crippen LogP contribution in [-0.4, -0.2) is 15.7 Å². The van der Waals surface area contributed by atoms with Gasteiger partial charge in [-0.05, 0) is 46.8 Å². The van der Waals surface area contributed by atoms with Crippen LogP contribution >= 0.6 is 19.1 Å². The predicted molar refractivity (Wildman–Crippen MR) is 107 cm³/mol. The summed E-state index contributed by atoms with van der Waals surface area (Å²) < 4.78 is 10.8. The lowest BCUT2D eigenvalue weighted by Gasteiger charge is -2.11. The summed E-state index contributed by atoms with van der Waals surface area (Å²) in [6.45, 7) is 0.00197. The van der Waals surface area contributed by atoms with Crippen LogP contribution in [0.1, 0.15) is 15.9 Å². The molecule has 0 saturated heterocycles. The van der Waals surface area contributed by atoms with E-state index in [-0.39, 0.29) is 12.5 Å². The summed E-state index contributed by atoms with van der Waals surface area (Å²) >= 11 is 1.60. The maximum absolute atomic E-state index is 12.5. The Balaban J connectivity index is 1.72. The van der Waals surface area contributed by atoms with Crippen LogP contribution in [0.3, 0.4) is 0 Å². The Morgan fingerprint density at radius 2 is 1.85 bits per heavy atom. The molecule has 0 aliphatic heterocycles. The molecule has 0 bridgehead atoms. The average Bonchev–Trinajstić information content (AvgIpc) is 3.16. The van der Waals surface area contributed by atoms with Gasteiger partial charge in [0.15, 0.2) is 0 Å². The monoisotopic (exact) mass is 403 g/mol. The molecular formula is C18H18N3O4PS. The number of carbonyl (C=O) groups is 1. The number of nitrogen functional groups attached to an aromatic ring is 1. The van der Waals surface area contributed by atoms with Crippen LogP contribution < -0.4 is 16.1 Å². The summed E-state index contributed by atoms with van der Waals surface area (Å²) in [5, 5.41) is 6.89. The van der Waals surface area contributed by atoms with E-state index in [1.807, 2.05) is 29.6 Å². The van der Waals surface area contributed by atoms with Crippen molar-refractivity contribution in [3.8, 4) is 10.4 Å². The molecule has 9 heteroatoms. The van der Waals surface area contributed by atoms with Gasteiger partial charge in [-0.15, -0.1) is 11.3 Å². The summed E-state index contributed by atoms with van der Waals surface area (Å²) in [5.41, 5.74) is 9.00. The molecule has 0 fully saturated rings. The quantitative estimate of drug-likeness (QED) is 0.317. The maximum atomic E-state index is 12.5. The number of benzene rings is 2. The molecule has 0 aliphatic rings. The number of nitrogens with one attached hydrogen (secondary N) is 2. The van der Waals surface area contributed by atoms with E-state index in [2.05, 4.69) is 10.4 Å². The molecule has 0 saturated carbocycles. The van der Waals surface area contributed by atoms with Crippen LogP contribution in [0.25, 0.3) is 10.4 Å². The van der Waals surface area contributed by atoms with Crippen molar-refractivity contribution in [1.29, 1.82) is 0 Å². The van der Waals surface area contributed by atoms with Crippen molar-refractivity contribution in [3.63, 3.8) is 0 Å². The number of hydrogen-bond donors (Lipinski definition) is 5. The minimum Gasteiger partial charge on any atom is -0.397 e. The van der Waals surface area contributed by atoms with Crippen molar-refractivity contribution in [1.82, 2.24) is 5.09 Å². The number of nitrogens with two attached hydrogens (primary N) is 1. The van der Waals surface area contributed by atoms with E-state index in [0.717, 1.165) is 10.4 Å². The van der Waals surface area contributed by atoms with Crippen LogP contribution in [0.2, 0.25) is 0 Å². The van der Waals surface area contributed by atoms with Gasteiger partial charge in [-0.2, -0.15) is 0 Å². The lowest BCUT2D eigenvalue weighted by atomic mass is 10.1. The predicted octanol–water partition coefficient (Wildman–Crippen LogP) is 3.43. The molecule has 0 radical (unpaired) electrons. The van der Waals surface area contributed by atoms with Gasteiger partial charge in [-0.25, -0.2) is 9.65 Å². The lowest BCUT2D eigenvalue weighted by molar-refractivity contribution is 0.102. The third kappa shape index (κ3) is 5.26. The highest BCUT2D eigenvalue weighted by atomic mass is 32.1. The summed E-state index contributed by atoms with van der Waals surface area (Å²) in [4.78, 5) is 31.2. The topological polar surface area (TPSA) is 125 Å². The second-order valence-corrected chi connectivity index (χ2v) is 8.16. The number of thiophene rings is 1. The molecule has 0 atom stereocenters. The molecule has 6 N–H and O–H groups in total. The summed E-state index contributed by atoms with van der Waals surface area (Å²) in [7, 11) is -4.28. The van der Waals surface area contributed by atoms with Gasteiger partial charge in [0, 0.05) is 17.0 Å². The van der Waals surface area contributed by atoms with Crippen molar-refractivity contribution in [2.75, 3.05) is 11.1 Å². The zero-order valence-electron chi connectivity index (χ0n) is 14.1. The van der Waals surface area contributed by atoms with Crippen LogP contribution in [0, 0.1) is 0 Å². The number of rotatable bonds is 6. The van der Waals surface area contributed by atoms with Crippen LogP contribution in [0.15, 0.2) is 60.0 Å². The fraction of sp³-hybridized carbons (Fsp3) is 0.0556. The summed E-state index contributed by atoms with van der Waals surface area (Å²) in [6, 6.07) is 15.9. The van der Waals surface area contributed by atoms with Gasteiger partial charge in [0.05, 0.1) is 11.4 Å². The van der Waals surface area contributed by atoms with E-state index in [1.165, 1.54) is 0 Å².